The average Bonchev–Trinajstić information content (AvgIpc) is 2.96. The van der Waals surface area contributed by atoms with Crippen LogP contribution in [0.3, 0.4) is 0 Å². The maximum absolute atomic E-state index is 14.1. The molecule has 0 saturated heterocycles. The summed E-state index contributed by atoms with van der Waals surface area (Å²) in [5.74, 6) is -0.116. The fraction of sp³-hybridized carbons (Fsp3) is 0.364. The molecule has 2 aromatic heterocycles. The lowest BCUT2D eigenvalue weighted by Crippen LogP contribution is -2.01. The van der Waals surface area contributed by atoms with Crippen molar-refractivity contribution < 1.29 is 9.13 Å². The zero-order chi connectivity index (χ0) is 11.3. The van der Waals surface area contributed by atoms with Crippen LogP contribution in [0.15, 0.2) is 16.9 Å². The Hall–Kier alpha value is -1.10. The first-order valence-electron chi connectivity index (χ1n) is 5.15. The lowest BCUT2D eigenvalue weighted by atomic mass is 10.4. The first-order valence-corrected chi connectivity index (χ1v) is 5.94. The van der Waals surface area contributed by atoms with Crippen LogP contribution in [0.25, 0.3) is 5.65 Å². The number of hydrogen-bond donors (Lipinski definition) is 0. The number of ether oxygens (including phenoxy) is 1. The number of pyridine rings is 1. The number of rotatable bonds is 2. The van der Waals surface area contributed by atoms with Crippen molar-refractivity contribution in [3.63, 3.8) is 0 Å². The summed E-state index contributed by atoms with van der Waals surface area (Å²) in [6.07, 6.45) is 5.74. The lowest BCUT2D eigenvalue weighted by Gasteiger charge is -2.08. The summed E-state index contributed by atoms with van der Waals surface area (Å²) in [4.78, 5) is 4.13. The molecule has 0 spiro atoms. The molecule has 0 bridgehead atoms. The van der Waals surface area contributed by atoms with Gasteiger partial charge in [-0.25, -0.2) is 4.98 Å². The van der Waals surface area contributed by atoms with E-state index in [1.807, 2.05) is 6.92 Å². The topological polar surface area (TPSA) is 26.5 Å². The van der Waals surface area contributed by atoms with E-state index in [9.17, 15) is 4.39 Å². The van der Waals surface area contributed by atoms with Crippen LogP contribution in [0.5, 0.6) is 5.75 Å². The summed E-state index contributed by atoms with van der Waals surface area (Å²) in [5.41, 5.74) is 1.10. The van der Waals surface area contributed by atoms with Crippen LogP contribution in [0.4, 0.5) is 4.39 Å². The maximum atomic E-state index is 14.1. The Balaban J connectivity index is 2.18. The van der Waals surface area contributed by atoms with Gasteiger partial charge in [-0.05, 0) is 35.7 Å². The van der Waals surface area contributed by atoms with E-state index in [1.165, 1.54) is 0 Å². The quantitative estimate of drug-likeness (QED) is 0.847. The molecule has 2 heterocycles. The van der Waals surface area contributed by atoms with E-state index in [-0.39, 0.29) is 11.9 Å². The molecule has 3 nitrogen and oxygen atoms in total. The third kappa shape index (κ3) is 1.59. The molecule has 0 N–H and O–H groups in total. The molecule has 1 aliphatic carbocycles. The maximum Gasteiger partial charge on any atom is 0.209 e. The summed E-state index contributed by atoms with van der Waals surface area (Å²) in [5, 5.41) is 0. The first kappa shape index (κ1) is 10.1. The monoisotopic (exact) mass is 284 g/mol. The zero-order valence-electron chi connectivity index (χ0n) is 8.70. The number of aryl methyl sites for hydroxylation is 1. The van der Waals surface area contributed by atoms with Crippen molar-refractivity contribution in [1.82, 2.24) is 9.38 Å². The molecule has 0 aromatic carbocycles. The SMILES string of the molecule is Cc1cn2cc(Br)c(OC3CC3)c(F)c2n1. The Bertz CT molecular complexity index is 563. The van der Waals surface area contributed by atoms with Gasteiger partial charge in [0.2, 0.25) is 5.82 Å². The number of fused-ring (bicyclic) bond motifs is 1. The Kier molecular flexibility index (Phi) is 2.17. The predicted octanol–water partition coefficient (Wildman–Crippen LogP) is 3.09. The molecule has 1 saturated carbocycles. The second kappa shape index (κ2) is 3.45. The second-order valence-corrected chi connectivity index (χ2v) is 4.90. The molecule has 3 rings (SSSR count). The van der Waals surface area contributed by atoms with Gasteiger partial charge in [0.05, 0.1) is 16.3 Å². The molecular formula is C11H10BrFN2O. The average molecular weight is 285 g/mol. The number of hydrogen-bond acceptors (Lipinski definition) is 2. The van der Waals surface area contributed by atoms with Crippen LogP contribution in [0, 0.1) is 12.7 Å². The van der Waals surface area contributed by atoms with Crippen LogP contribution < -0.4 is 4.74 Å². The van der Waals surface area contributed by atoms with Crippen LogP contribution in [0.1, 0.15) is 18.5 Å². The highest BCUT2D eigenvalue weighted by Gasteiger charge is 2.27. The molecule has 16 heavy (non-hydrogen) atoms. The van der Waals surface area contributed by atoms with Crippen molar-refractivity contribution in [1.29, 1.82) is 0 Å². The highest BCUT2D eigenvalue weighted by molar-refractivity contribution is 9.10. The second-order valence-electron chi connectivity index (χ2n) is 4.05. The number of nitrogens with zero attached hydrogens (tertiary/aromatic N) is 2. The Morgan fingerprint density at radius 2 is 2.25 bits per heavy atom. The normalized spacial score (nSPS) is 15.7. The van der Waals surface area contributed by atoms with Gasteiger partial charge in [0.1, 0.15) is 0 Å². The van der Waals surface area contributed by atoms with Gasteiger partial charge in [0.15, 0.2) is 11.4 Å². The van der Waals surface area contributed by atoms with Gasteiger partial charge in [0, 0.05) is 12.4 Å². The third-order valence-corrected chi connectivity index (χ3v) is 3.09. The minimum absolute atomic E-state index is 0.171. The van der Waals surface area contributed by atoms with Gasteiger partial charge in [0.25, 0.3) is 0 Å². The van der Waals surface area contributed by atoms with Crippen LogP contribution in [0.2, 0.25) is 0 Å². The van der Waals surface area contributed by atoms with E-state index >= 15 is 0 Å². The first-order chi connectivity index (χ1) is 7.65. The minimum Gasteiger partial charge on any atom is -0.486 e. The fourth-order valence-electron chi connectivity index (χ4n) is 1.62. The van der Waals surface area contributed by atoms with Crippen LogP contribution in [-0.2, 0) is 0 Å². The molecule has 1 fully saturated rings. The van der Waals surface area contributed by atoms with Gasteiger partial charge in [-0.2, -0.15) is 4.39 Å². The van der Waals surface area contributed by atoms with E-state index in [0.717, 1.165) is 18.5 Å². The zero-order valence-corrected chi connectivity index (χ0v) is 10.3. The van der Waals surface area contributed by atoms with E-state index in [0.29, 0.717) is 10.1 Å². The summed E-state index contributed by atoms with van der Waals surface area (Å²) in [7, 11) is 0. The number of halogens is 2. The van der Waals surface area contributed by atoms with Gasteiger partial charge in [-0.1, -0.05) is 0 Å². The van der Waals surface area contributed by atoms with Gasteiger partial charge in [-0.15, -0.1) is 0 Å². The van der Waals surface area contributed by atoms with Gasteiger partial charge >= 0.3 is 0 Å². The predicted molar refractivity (Wildman–Crippen MR) is 61.2 cm³/mol. The molecule has 0 radical (unpaired) electrons. The molecule has 0 aliphatic heterocycles. The molecule has 0 amide bonds. The van der Waals surface area contributed by atoms with Crippen molar-refractivity contribution >= 4 is 21.6 Å². The van der Waals surface area contributed by atoms with Crippen LogP contribution in [-0.4, -0.2) is 15.5 Å². The largest absolute Gasteiger partial charge is 0.486 e. The van der Waals surface area contributed by atoms with Crippen molar-refractivity contribution in [3.8, 4) is 5.75 Å². The molecule has 84 valence electrons. The summed E-state index contributed by atoms with van der Waals surface area (Å²) in [6, 6.07) is 0. The fourth-order valence-corrected chi connectivity index (χ4v) is 2.11. The molecule has 0 atom stereocenters. The van der Waals surface area contributed by atoms with Crippen molar-refractivity contribution in [3.05, 3.63) is 28.4 Å². The molecule has 1 aliphatic rings. The Morgan fingerprint density at radius 3 is 2.94 bits per heavy atom. The standard InChI is InChI=1S/C11H10BrFN2O/c1-6-4-15-5-8(12)10(16-7-2-3-7)9(13)11(15)14-6/h4-5,7H,2-3H2,1H3. The lowest BCUT2D eigenvalue weighted by molar-refractivity contribution is 0.286. The van der Waals surface area contributed by atoms with Crippen molar-refractivity contribution in [2.24, 2.45) is 0 Å². The Labute approximate surface area is 100 Å². The van der Waals surface area contributed by atoms with E-state index < -0.39 is 5.82 Å². The smallest absolute Gasteiger partial charge is 0.209 e. The molecule has 0 unspecified atom stereocenters. The molecule has 2 aromatic rings. The van der Waals surface area contributed by atoms with E-state index in [2.05, 4.69) is 20.9 Å². The highest BCUT2D eigenvalue weighted by Crippen LogP contribution is 2.35. The minimum atomic E-state index is -0.394. The number of imidazole rings is 1. The number of aromatic nitrogens is 2. The van der Waals surface area contributed by atoms with Gasteiger partial charge in [-0.3, -0.25) is 0 Å². The summed E-state index contributed by atoms with van der Waals surface area (Å²) < 4.78 is 21.9. The highest BCUT2D eigenvalue weighted by atomic mass is 79.9. The third-order valence-electron chi connectivity index (χ3n) is 2.53. The van der Waals surface area contributed by atoms with Crippen molar-refractivity contribution in [2.75, 3.05) is 0 Å². The van der Waals surface area contributed by atoms with Gasteiger partial charge < -0.3 is 9.14 Å². The summed E-state index contributed by atoms with van der Waals surface area (Å²) in [6.45, 7) is 1.84. The summed E-state index contributed by atoms with van der Waals surface area (Å²) >= 11 is 3.32. The molecule has 5 heteroatoms. The van der Waals surface area contributed by atoms with E-state index in [1.54, 1.807) is 16.8 Å². The molecular weight excluding hydrogens is 275 g/mol. The van der Waals surface area contributed by atoms with Crippen molar-refractivity contribution in [2.45, 2.75) is 25.9 Å². The Morgan fingerprint density at radius 1 is 1.50 bits per heavy atom. The van der Waals surface area contributed by atoms with E-state index in [4.69, 9.17) is 4.74 Å². The van der Waals surface area contributed by atoms with Crippen LogP contribution >= 0.6 is 15.9 Å².